The number of aliphatic hydroxyl groups excluding tert-OH is 1. The summed E-state index contributed by atoms with van der Waals surface area (Å²) in [5, 5.41) is 17.0. The van der Waals surface area contributed by atoms with Crippen LogP contribution in [0.25, 0.3) is 33.3 Å². The summed E-state index contributed by atoms with van der Waals surface area (Å²) in [6, 6.07) is 15.1. The Morgan fingerprint density at radius 1 is 0.982 bits per heavy atom. The van der Waals surface area contributed by atoms with Gasteiger partial charge in [0, 0.05) is 74.3 Å². The second kappa shape index (κ2) is 14.3. The molecule has 5 aromatic rings. The monoisotopic (exact) mass is 784 g/mol. The van der Waals surface area contributed by atoms with E-state index in [2.05, 4.69) is 26.6 Å². The normalized spacial score (nSPS) is 19.7. The lowest BCUT2D eigenvalue weighted by Gasteiger charge is -2.40. The van der Waals surface area contributed by atoms with E-state index in [1.54, 1.807) is 38.1 Å². The Labute approximate surface area is 327 Å². The maximum atomic E-state index is 13.3. The molecule has 286 valence electrons. The average molecular weight is 786 g/mol. The van der Waals surface area contributed by atoms with E-state index < -0.39 is 11.2 Å². The van der Waals surface area contributed by atoms with Crippen molar-refractivity contribution in [2.75, 3.05) is 45.2 Å². The molecule has 3 aromatic heterocycles. The van der Waals surface area contributed by atoms with Crippen LogP contribution in [0.15, 0.2) is 58.1 Å². The maximum Gasteiger partial charge on any atom is 0.330 e. The van der Waals surface area contributed by atoms with Gasteiger partial charge in [0.15, 0.2) is 0 Å². The number of urea groups is 1. The highest BCUT2D eigenvalue weighted by atomic mass is 35.5. The minimum absolute atomic E-state index is 0.0475. The predicted octanol–water partition coefficient (Wildman–Crippen LogP) is 5.57. The summed E-state index contributed by atoms with van der Waals surface area (Å²) in [7, 11) is 4.70. The summed E-state index contributed by atoms with van der Waals surface area (Å²) in [6.45, 7) is 4.32. The molecular formula is C40H42Cl2N8O5. The van der Waals surface area contributed by atoms with Crippen molar-refractivity contribution in [3.63, 3.8) is 0 Å². The number of rotatable bonds is 8. The minimum Gasteiger partial charge on any atom is -0.481 e. The van der Waals surface area contributed by atoms with Crippen molar-refractivity contribution < 1.29 is 14.6 Å². The fourth-order valence-electron chi connectivity index (χ4n) is 8.58. The molecule has 1 spiro atoms. The van der Waals surface area contributed by atoms with E-state index in [4.69, 9.17) is 32.9 Å². The van der Waals surface area contributed by atoms with Gasteiger partial charge >= 0.3 is 11.7 Å². The van der Waals surface area contributed by atoms with Crippen molar-refractivity contribution >= 4 is 51.6 Å². The number of halogens is 2. The third kappa shape index (κ3) is 6.32. The zero-order chi connectivity index (χ0) is 38.8. The number of aromatic nitrogens is 4. The summed E-state index contributed by atoms with van der Waals surface area (Å²) in [5.74, 6) is 0.847. The largest absolute Gasteiger partial charge is 0.481 e. The van der Waals surface area contributed by atoms with Crippen molar-refractivity contribution in [2.45, 2.75) is 44.2 Å². The quantitative estimate of drug-likeness (QED) is 0.184. The number of benzene rings is 2. The van der Waals surface area contributed by atoms with E-state index in [0.717, 1.165) is 60.0 Å². The van der Waals surface area contributed by atoms with Crippen LogP contribution >= 0.6 is 23.2 Å². The molecule has 2 saturated heterocycles. The summed E-state index contributed by atoms with van der Waals surface area (Å²) in [4.78, 5) is 52.5. The molecule has 0 bridgehead atoms. The van der Waals surface area contributed by atoms with Crippen molar-refractivity contribution in [1.29, 1.82) is 0 Å². The Kier molecular flexibility index (Phi) is 9.61. The number of carbonyl (C=O) groups excluding carboxylic acids is 1. The first kappa shape index (κ1) is 37.0. The highest BCUT2D eigenvalue weighted by Crippen LogP contribution is 2.47. The number of nitrogens with zero attached hydrogens (tertiary/aromatic N) is 6. The average Bonchev–Trinajstić information content (AvgIpc) is 3.79. The number of ether oxygens (including phenoxy) is 1. The second-order valence-electron chi connectivity index (χ2n) is 14.7. The van der Waals surface area contributed by atoms with Crippen LogP contribution in [0, 0.1) is 6.92 Å². The zero-order valence-corrected chi connectivity index (χ0v) is 32.6. The number of likely N-dealkylation sites (tertiary alicyclic amines) is 1. The standard InChI is InChI=1S/C40H42Cl2N8O5/c1-22-19-30-32(37(52)48(3)39(54)47(30)2)35(43-22)44-27-10-6-8-25(34(27)42)24-7-5-9-26(33(24)41)28-20-23-11-12-29(31(23)36(45-28)55-4)50-16-14-40(21-50)13-15-49(17-18-51)38(53)46-40/h5-10,19-20,29,51H,11-18,21H2,1-4H3,(H,43,44)(H,46,53). The lowest BCUT2D eigenvalue weighted by molar-refractivity contribution is 0.127. The van der Waals surface area contributed by atoms with Crippen LogP contribution in [-0.4, -0.2) is 85.5 Å². The predicted molar refractivity (Wildman–Crippen MR) is 214 cm³/mol. The molecule has 3 aliphatic rings. The smallest absolute Gasteiger partial charge is 0.330 e. The molecule has 2 amide bonds. The number of methoxy groups -OCH3 is 1. The number of pyridine rings is 2. The SMILES string of the molecule is COc1nc(-c2cccc(-c3cccc(Nc4nc(C)cc5c4c(=O)n(C)c(=O)n5C)c3Cl)c2Cl)cc2c1C(N1CCC3(CCN(CCO)C(=O)N3)C1)CC2. The molecule has 0 radical (unpaired) electrons. The fourth-order valence-corrected chi connectivity index (χ4v) is 9.18. The Balaban J connectivity index is 1.10. The molecule has 55 heavy (non-hydrogen) atoms. The third-order valence-electron chi connectivity index (χ3n) is 11.4. The van der Waals surface area contributed by atoms with E-state index in [-0.39, 0.29) is 35.4 Å². The highest BCUT2D eigenvalue weighted by Gasteiger charge is 2.46. The summed E-state index contributed by atoms with van der Waals surface area (Å²) >= 11 is 14.3. The Morgan fingerprint density at radius 2 is 1.71 bits per heavy atom. The molecule has 13 nitrogen and oxygen atoms in total. The molecule has 1 aliphatic carbocycles. The molecule has 3 N–H and O–H groups in total. The van der Waals surface area contributed by atoms with E-state index >= 15 is 0 Å². The van der Waals surface area contributed by atoms with E-state index in [9.17, 15) is 19.5 Å². The highest BCUT2D eigenvalue weighted by molar-refractivity contribution is 6.39. The van der Waals surface area contributed by atoms with Crippen LogP contribution in [0.5, 0.6) is 5.88 Å². The van der Waals surface area contributed by atoms with Gasteiger partial charge in [-0.05, 0) is 56.4 Å². The number of carbonyl (C=O) groups is 1. The van der Waals surface area contributed by atoms with Gasteiger partial charge < -0.3 is 25.4 Å². The number of amides is 2. The number of hydrogen-bond acceptors (Lipinski definition) is 9. The first-order valence-corrected chi connectivity index (χ1v) is 19.1. The van der Waals surface area contributed by atoms with Gasteiger partial charge in [0.2, 0.25) is 5.88 Å². The third-order valence-corrected chi connectivity index (χ3v) is 12.2. The fraction of sp³-hybridized carbons (Fsp3) is 0.375. The van der Waals surface area contributed by atoms with Gasteiger partial charge in [0.05, 0.1) is 46.2 Å². The van der Waals surface area contributed by atoms with E-state index in [0.29, 0.717) is 62.7 Å². The van der Waals surface area contributed by atoms with Crippen LogP contribution in [0.2, 0.25) is 10.0 Å². The van der Waals surface area contributed by atoms with Crippen LogP contribution in [-0.2, 0) is 20.5 Å². The Bertz CT molecular complexity index is 2500. The summed E-state index contributed by atoms with van der Waals surface area (Å²) < 4.78 is 8.45. The topological polar surface area (TPSA) is 147 Å². The molecule has 15 heteroatoms. The van der Waals surface area contributed by atoms with Gasteiger partial charge in [-0.2, -0.15) is 0 Å². The number of fused-ring (bicyclic) bond motifs is 2. The number of anilines is 2. The second-order valence-corrected chi connectivity index (χ2v) is 15.5. The Hall–Kier alpha value is -4.95. The molecule has 2 fully saturated rings. The van der Waals surface area contributed by atoms with Gasteiger partial charge in [0.25, 0.3) is 5.56 Å². The van der Waals surface area contributed by atoms with Crippen molar-refractivity contribution in [3.05, 3.63) is 96.2 Å². The van der Waals surface area contributed by atoms with Crippen LogP contribution in [0.4, 0.5) is 16.3 Å². The van der Waals surface area contributed by atoms with E-state index in [1.165, 1.54) is 11.6 Å². The Morgan fingerprint density at radius 3 is 2.45 bits per heavy atom. The van der Waals surface area contributed by atoms with Crippen molar-refractivity contribution in [2.24, 2.45) is 14.1 Å². The molecule has 2 aliphatic heterocycles. The van der Waals surface area contributed by atoms with Gasteiger partial charge in [0.1, 0.15) is 11.2 Å². The number of aliphatic hydroxyl groups is 1. The number of hydrogen-bond donors (Lipinski definition) is 3. The van der Waals surface area contributed by atoms with Gasteiger partial charge in [-0.1, -0.05) is 53.5 Å². The molecule has 2 aromatic carbocycles. The van der Waals surface area contributed by atoms with Gasteiger partial charge in [-0.25, -0.2) is 19.6 Å². The molecular weight excluding hydrogens is 743 g/mol. The molecule has 8 rings (SSSR count). The van der Waals surface area contributed by atoms with Crippen molar-refractivity contribution in [3.8, 4) is 28.3 Å². The van der Waals surface area contributed by atoms with Gasteiger partial charge in [-0.3, -0.25) is 18.8 Å². The van der Waals surface area contributed by atoms with E-state index in [1.807, 2.05) is 30.3 Å². The number of aryl methyl sites for hydroxylation is 3. The first-order chi connectivity index (χ1) is 26.4. The van der Waals surface area contributed by atoms with Gasteiger partial charge in [-0.15, -0.1) is 0 Å². The van der Waals surface area contributed by atoms with Crippen LogP contribution in [0.3, 0.4) is 0 Å². The molecule has 2 unspecified atom stereocenters. The van der Waals surface area contributed by atoms with Crippen LogP contribution in [0.1, 0.15) is 42.1 Å². The summed E-state index contributed by atoms with van der Waals surface area (Å²) in [6.07, 6.45) is 3.46. The molecule has 0 saturated carbocycles. The minimum atomic E-state index is -0.465. The molecule has 2 atom stereocenters. The van der Waals surface area contributed by atoms with Crippen molar-refractivity contribution in [1.82, 2.24) is 34.2 Å². The van der Waals surface area contributed by atoms with Crippen LogP contribution < -0.4 is 26.6 Å². The summed E-state index contributed by atoms with van der Waals surface area (Å²) in [5.41, 5.74) is 5.43. The first-order valence-electron chi connectivity index (χ1n) is 18.4. The lowest BCUT2D eigenvalue weighted by atomic mass is 9.92. The lowest BCUT2D eigenvalue weighted by Crippen LogP contribution is -2.61. The maximum absolute atomic E-state index is 13.3. The number of β-amino-alcohol motifs (C(OH)–C–C–N with tert-alkyl or cyclic N) is 1. The molecule has 5 heterocycles. The number of nitrogens with one attached hydrogen (secondary N) is 2. The zero-order valence-electron chi connectivity index (χ0n) is 31.1.